The Bertz CT molecular complexity index is 3520. The van der Waals surface area contributed by atoms with Crippen LogP contribution in [0.5, 0.6) is 0 Å². The molecular formula is C58H48N2O2Si2. The maximum atomic E-state index is 7.07. The van der Waals surface area contributed by atoms with E-state index in [2.05, 4.69) is 231 Å². The van der Waals surface area contributed by atoms with Crippen LogP contribution in [0.25, 0.3) is 76.2 Å². The lowest BCUT2D eigenvalue weighted by Gasteiger charge is -2.29. The number of hydrogen-bond acceptors (Lipinski definition) is 4. The van der Waals surface area contributed by atoms with Crippen LogP contribution in [0.4, 0.5) is 34.1 Å². The Morgan fingerprint density at radius 2 is 0.656 bits per heavy atom. The third-order valence-electron chi connectivity index (χ3n) is 13.2. The van der Waals surface area contributed by atoms with E-state index in [1.807, 2.05) is 0 Å². The lowest BCUT2D eigenvalue weighted by molar-refractivity contribution is 0.671. The first-order chi connectivity index (χ1) is 31.0. The topological polar surface area (TPSA) is 32.8 Å². The van der Waals surface area contributed by atoms with Crippen molar-refractivity contribution in [1.29, 1.82) is 0 Å². The maximum absolute atomic E-state index is 7.07. The van der Waals surface area contributed by atoms with Crippen LogP contribution < -0.4 is 20.2 Å². The molecule has 4 nitrogen and oxygen atoms in total. The van der Waals surface area contributed by atoms with Gasteiger partial charge in [-0.2, -0.15) is 0 Å². The van der Waals surface area contributed by atoms with Gasteiger partial charge in [-0.05, 0) is 80.4 Å². The fraction of sp³-hybridized carbons (Fsp3) is 0.103. The molecule has 2 aromatic heterocycles. The molecule has 0 fully saturated rings. The first kappa shape index (κ1) is 38.5. The molecule has 2 heterocycles. The van der Waals surface area contributed by atoms with Crippen LogP contribution in [0.1, 0.15) is 0 Å². The molecular weight excluding hydrogens is 813 g/mol. The quantitative estimate of drug-likeness (QED) is 0.113. The fourth-order valence-corrected chi connectivity index (χ4v) is 13.2. The Morgan fingerprint density at radius 3 is 1.05 bits per heavy atom. The number of anilines is 6. The number of furan rings is 2. The third-order valence-corrected chi connectivity index (χ3v) is 17.3. The van der Waals surface area contributed by atoms with Crippen LogP contribution in [0, 0.1) is 0 Å². The summed E-state index contributed by atoms with van der Waals surface area (Å²) in [4.78, 5) is 4.80. The number of hydrogen-bond donors (Lipinski definition) is 0. The predicted molar refractivity (Wildman–Crippen MR) is 280 cm³/mol. The summed E-state index contributed by atoms with van der Waals surface area (Å²) in [5.41, 5.74) is 10.2. The summed E-state index contributed by atoms with van der Waals surface area (Å²) in [6.45, 7) is 14.4. The molecule has 0 unspecified atom stereocenters. The van der Waals surface area contributed by atoms with Gasteiger partial charge < -0.3 is 18.6 Å². The van der Waals surface area contributed by atoms with Gasteiger partial charge in [-0.3, -0.25) is 0 Å². The van der Waals surface area contributed by atoms with Gasteiger partial charge in [-0.15, -0.1) is 0 Å². The largest absolute Gasteiger partial charge is 0.454 e. The molecule has 0 spiro atoms. The summed E-state index contributed by atoms with van der Waals surface area (Å²) in [5.74, 6) is 0. The monoisotopic (exact) mass is 860 g/mol. The van der Waals surface area contributed by atoms with Crippen molar-refractivity contribution in [2.45, 2.75) is 39.3 Å². The first-order valence-electron chi connectivity index (χ1n) is 22.3. The van der Waals surface area contributed by atoms with Gasteiger partial charge in [0.1, 0.15) is 11.2 Å². The molecule has 310 valence electrons. The minimum absolute atomic E-state index is 0.898. The Labute approximate surface area is 374 Å². The molecule has 12 aromatic rings. The lowest BCUT2D eigenvalue weighted by Crippen LogP contribution is -2.37. The second-order valence-corrected chi connectivity index (χ2v) is 29.4. The molecule has 0 radical (unpaired) electrons. The van der Waals surface area contributed by atoms with Gasteiger partial charge in [0.05, 0.1) is 38.9 Å². The first-order valence-corrected chi connectivity index (χ1v) is 29.3. The molecule has 64 heavy (non-hydrogen) atoms. The number of benzene rings is 10. The van der Waals surface area contributed by atoms with Crippen LogP contribution in [0.15, 0.2) is 191 Å². The van der Waals surface area contributed by atoms with Gasteiger partial charge in [0.2, 0.25) is 0 Å². The standard InChI is InChI=1S/C58H48N2O2Si2/c1-63(2,3)51-27-15-23-43-41-21-13-25-49(55(41)61-57(43)51)59(39-17-9-7-10-18-39)47-35-31-37-30-34-46-48(36-32-38-29-33-45(47)53(37)54(38)46)60(40-19-11-8-12-20-40)50-26-14-22-42-44-24-16-28-52(64(4,5)6)58(44)62-56(42)50/h7-36H,1-6H3. The normalized spacial score (nSPS) is 12.5. The maximum Gasteiger partial charge on any atom is 0.159 e. The van der Waals surface area contributed by atoms with Crippen molar-refractivity contribution in [1.82, 2.24) is 0 Å². The minimum atomic E-state index is -1.71. The average Bonchev–Trinajstić information content (AvgIpc) is 3.89. The van der Waals surface area contributed by atoms with Crippen LogP contribution in [0.3, 0.4) is 0 Å². The van der Waals surface area contributed by atoms with E-state index in [4.69, 9.17) is 8.83 Å². The van der Waals surface area contributed by atoms with Crippen molar-refractivity contribution < 1.29 is 8.83 Å². The molecule has 0 bridgehead atoms. The van der Waals surface area contributed by atoms with E-state index in [9.17, 15) is 0 Å². The number of rotatable bonds is 8. The summed E-state index contributed by atoms with van der Waals surface area (Å²) in [7, 11) is -3.42. The SMILES string of the molecule is C[Si](C)(C)c1cccc2c1oc1c(N(c3ccccc3)c3ccc4ccc5c(N(c6ccccc6)c6cccc7c6oc6c([Si](C)(C)C)cccc67)ccc6ccc3c4c65)cccc12. The zero-order valence-corrected chi connectivity index (χ0v) is 39.0. The van der Waals surface area contributed by atoms with E-state index in [0.29, 0.717) is 0 Å². The summed E-state index contributed by atoms with van der Waals surface area (Å²) < 4.78 is 14.1. The van der Waals surface area contributed by atoms with Crippen molar-refractivity contribution in [2.75, 3.05) is 9.80 Å². The van der Waals surface area contributed by atoms with Gasteiger partial charge >= 0.3 is 0 Å². The highest BCUT2D eigenvalue weighted by Gasteiger charge is 2.28. The van der Waals surface area contributed by atoms with Crippen LogP contribution in [0.2, 0.25) is 39.3 Å². The molecule has 0 aliphatic rings. The second-order valence-electron chi connectivity index (χ2n) is 19.3. The van der Waals surface area contributed by atoms with Gasteiger partial charge in [-0.25, -0.2) is 0 Å². The summed E-state index contributed by atoms with van der Waals surface area (Å²) in [6, 6.07) is 66.4. The van der Waals surface area contributed by atoms with Crippen molar-refractivity contribution in [2.24, 2.45) is 0 Å². The highest BCUT2D eigenvalue weighted by atomic mass is 28.3. The highest BCUT2D eigenvalue weighted by molar-refractivity contribution is 6.90. The smallest absolute Gasteiger partial charge is 0.159 e. The number of fused-ring (bicyclic) bond motifs is 6. The lowest BCUT2D eigenvalue weighted by atomic mass is 9.91. The number of para-hydroxylation sites is 6. The molecule has 0 atom stereocenters. The molecule has 0 saturated carbocycles. The van der Waals surface area contributed by atoms with Gasteiger partial charge in [0.25, 0.3) is 0 Å². The van der Waals surface area contributed by atoms with E-state index >= 15 is 0 Å². The van der Waals surface area contributed by atoms with E-state index < -0.39 is 16.1 Å². The fourth-order valence-electron chi connectivity index (χ4n) is 10.3. The Kier molecular flexibility index (Phi) is 8.55. The molecule has 12 rings (SSSR count). The van der Waals surface area contributed by atoms with Crippen molar-refractivity contribution in [3.63, 3.8) is 0 Å². The predicted octanol–water partition coefficient (Wildman–Crippen LogP) is 16.4. The minimum Gasteiger partial charge on any atom is -0.454 e. The zero-order valence-electron chi connectivity index (χ0n) is 37.0. The Morgan fingerprint density at radius 1 is 0.297 bits per heavy atom. The van der Waals surface area contributed by atoms with Crippen LogP contribution in [-0.4, -0.2) is 16.1 Å². The number of nitrogens with zero attached hydrogens (tertiary/aromatic N) is 2. The summed E-state index contributed by atoms with van der Waals surface area (Å²) >= 11 is 0. The molecule has 0 aliphatic heterocycles. The molecule has 6 heteroatoms. The van der Waals surface area contributed by atoms with Crippen molar-refractivity contribution >= 4 is 137 Å². The van der Waals surface area contributed by atoms with Crippen LogP contribution >= 0.6 is 0 Å². The molecule has 10 aromatic carbocycles. The van der Waals surface area contributed by atoms with Gasteiger partial charge in [-0.1, -0.05) is 173 Å². The van der Waals surface area contributed by atoms with Gasteiger partial charge in [0, 0.05) is 43.7 Å². The zero-order chi connectivity index (χ0) is 43.5. The average molecular weight is 861 g/mol. The van der Waals surface area contributed by atoms with E-state index in [1.54, 1.807) is 0 Å². The Balaban J connectivity index is 1.12. The van der Waals surface area contributed by atoms with Crippen LogP contribution in [-0.2, 0) is 0 Å². The second kappa shape index (κ2) is 14.2. The van der Waals surface area contributed by atoms with Crippen molar-refractivity contribution in [3.8, 4) is 0 Å². The molecule has 0 aliphatic carbocycles. The summed E-state index contributed by atoms with van der Waals surface area (Å²) in [5, 5.41) is 14.5. The Hall–Kier alpha value is -7.13. The summed E-state index contributed by atoms with van der Waals surface area (Å²) in [6.07, 6.45) is 0. The molecule has 0 saturated heterocycles. The molecule has 0 amide bonds. The third kappa shape index (κ3) is 5.86. The van der Waals surface area contributed by atoms with E-state index in [-0.39, 0.29) is 0 Å². The van der Waals surface area contributed by atoms with Gasteiger partial charge in [0.15, 0.2) is 11.2 Å². The molecule has 0 N–H and O–H groups in total. The van der Waals surface area contributed by atoms with E-state index in [1.165, 1.54) is 53.5 Å². The highest BCUT2D eigenvalue weighted by Crippen LogP contribution is 2.50. The van der Waals surface area contributed by atoms with Crippen molar-refractivity contribution in [3.05, 3.63) is 182 Å². The van der Waals surface area contributed by atoms with E-state index in [0.717, 1.165) is 67.2 Å².